The highest BCUT2D eigenvalue weighted by atomic mass is 16.5. The van der Waals surface area contributed by atoms with Crippen molar-refractivity contribution in [3.8, 4) is 11.9 Å². The third-order valence-corrected chi connectivity index (χ3v) is 5.02. The lowest BCUT2D eigenvalue weighted by Crippen LogP contribution is -2.42. The van der Waals surface area contributed by atoms with Crippen LogP contribution < -0.4 is 9.47 Å². The van der Waals surface area contributed by atoms with E-state index in [1.54, 1.807) is 0 Å². The van der Waals surface area contributed by atoms with Crippen LogP contribution in [0.25, 0.3) is 0 Å². The van der Waals surface area contributed by atoms with Crippen molar-refractivity contribution in [3.63, 3.8) is 0 Å². The largest absolute Gasteiger partial charge is 0.481 e. The molecule has 1 aromatic heterocycles. The molecule has 7 nitrogen and oxygen atoms in total. The molecular weight excluding hydrogens is 408 g/mol. The topological polar surface area (TPSA) is 82.9 Å². The molecule has 170 valence electrons. The number of aliphatic hydroxyl groups is 1. The van der Waals surface area contributed by atoms with Crippen molar-refractivity contribution >= 4 is 0 Å². The number of methoxy groups -OCH3 is 2. The van der Waals surface area contributed by atoms with Gasteiger partial charge < -0.3 is 24.1 Å². The van der Waals surface area contributed by atoms with E-state index >= 15 is 0 Å². The van der Waals surface area contributed by atoms with Gasteiger partial charge in [-0.15, -0.1) is 0 Å². The quantitative estimate of drug-likeness (QED) is 0.463. The minimum Gasteiger partial charge on any atom is -0.481 e. The van der Waals surface area contributed by atoms with E-state index in [0.717, 1.165) is 16.7 Å². The Morgan fingerprint density at radius 3 is 1.78 bits per heavy atom. The number of ether oxygens (including phenoxy) is 4. The SMILES string of the molecule is COc1nc(CC(O)(COCc2ccccc2)COCc2ccccc2)c(C)c(OC)n1. The van der Waals surface area contributed by atoms with Crippen molar-refractivity contribution in [2.45, 2.75) is 32.2 Å². The number of rotatable bonds is 12. The summed E-state index contributed by atoms with van der Waals surface area (Å²) in [4.78, 5) is 8.64. The molecule has 2 aromatic carbocycles. The molecule has 0 aliphatic rings. The molecule has 0 amide bonds. The predicted octanol–water partition coefficient (Wildman–Crippen LogP) is 3.51. The molecule has 0 atom stereocenters. The highest BCUT2D eigenvalue weighted by molar-refractivity contribution is 5.32. The zero-order valence-corrected chi connectivity index (χ0v) is 18.8. The first-order valence-corrected chi connectivity index (χ1v) is 10.4. The molecule has 0 aliphatic heterocycles. The van der Waals surface area contributed by atoms with Crippen LogP contribution >= 0.6 is 0 Å². The summed E-state index contributed by atoms with van der Waals surface area (Å²) in [6, 6.07) is 19.8. The van der Waals surface area contributed by atoms with Crippen LogP contribution in [0.4, 0.5) is 0 Å². The Hall–Kier alpha value is -3.00. The highest BCUT2D eigenvalue weighted by Crippen LogP contribution is 2.25. The van der Waals surface area contributed by atoms with Gasteiger partial charge in [0.25, 0.3) is 0 Å². The van der Waals surface area contributed by atoms with Crippen molar-refractivity contribution in [2.24, 2.45) is 0 Å². The molecule has 0 saturated carbocycles. The number of benzene rings is 2. The Morgan fingerprint density at radius 2 is 1.31 bits per heavy atom. The fourth-order valence-electron chi connectivity index (χ4n) is 3.30. The summed E-state index contributed by atoms with van der Waals surface area (Å²) in [6.45, 7) is 2.77. The van der Waals surface area contributed by atoms with Gasteiger partial charge in [0.2, 0.25) is 5.88 Å². The number of hydrogen-bond acceptors (Lipinski definition) is 7. The molecule has 0 spiro atoms. The number of hydrogen-bond donors (Lipinski definition) is 1. The van der Waals surface area contributed by atoms with Gasteiger partial charge in [-0.2, -0.15) is 9.97 Å². The minimum absolute atomic E-state index is 0.0742. The molecule has 0 saturated heterocycles. The fraction of sp³-hybridized carbons (Fsp3) is 0.360. The van der Waals surface area contributed by atoms with Gasteiger partial charge >= 0.3 is 6.01 Å². The second-order valence-corrected chi connectivity index (χ2v) is 7.65. The van der Waals surface area contributed by atoms with Crippen LogP contribution in [0.5, 0.6) is 11.9 Å². The zero-order valence-electron chi connectivity index (χ0n) is 18.8. The van der Waals surface area contributed by atoms with Crippen LogP contribution in [0.15, 0.2) is 60.7 Å². The van der Waals surface area contributed by atoms with Crippen molar-refractivity contribution in [2.75, 3.05) is 27.4 Å². The first-order valence-electron chi connectivity index (χ1n) is 10.4. The normalized spacial score (nSPS) is 11.4. The van der Waals surface area contributed by atoms with Crippen LogP contribution in [-0.2, 0) is 29.1 Å². The average molecular weight is 439 g/mol. The van der Waals surface area contributed by atoms with Gasteiger partial charge in [0.1, 0.15) is 5.60 Å². The van der Waals surface area contributed by atoms with Crippen LogP contribution in [0.1, 0.15) is 22.4 Å². The van der Waals surface area contributed by atoms with E-state index in [1.165, 1.54) is 14.2 Å². The Balaban J connectivity index is 1.74. The Bertz CT molecular complexity index is 921. The molecule has 3 aromatic rings. The maximum atomic E-state index is 11.5. The lowest BCUT2D eigenvalue weighted by Gasteiger charge is -2.28. The second kappa shape index (κ2) is 11.6. The summed E-state index contributed by atoms with van der Waals surface area (Å²) < 4.78 is 22.3. The Morgan fingerprint density at radius 1 is 0.781 bits per heavy atom. The predicted molar refractivity (Wildman–Crippen MR) is 121 cm³/mol. The molecule has 0 aliphatic carbocycles. The molecule has 0 bridgehead atoms. The number of nitrogens with zero attached hydrogens (tertiary/aromatic N) is 2. The molecule has 3 rings (SSSR count). The van der Waals surface area contributed by atoms with E-state index in [1.807, 2.05) is 67.6 Å². The van der Waals surface area contributed by atoms with Crippen molar-refractivity contribution in [1.82, 2.24) is 9.97 Å². The van der Waals surface area contributed by atoms with Crippen molar-refractivity contribution in [1.29, 1.82) is 0 Å². The third kappa shape index (κ3) is 6.75. The molecular formula is C25H30N2O5. The summed E-state index contributed by atoms with van der Waals surface area (Å²) >= 11 is 0. The molecule has 0 unspecified atom stereocenters. The molecule has 32 heavy (non-hydrogen) atoms. The fourth-order valence-corrected chi connectivity index (χ4v) is 3.30. The first kappa shape index (κ1) is 23.7. The van der Waals surface area contributed by atoms with Gasteiger partial charge in [-0.05, 0) is 18.1 Å². The van der Waals surface area contributed by atoms with Gasteiger partial charge in [0.15, 0.2) is 0 Å². The number of aromatic nitrogens is 2. The lowest BCUT2D eigenvalue weighted by atomic mass is 9.97. The van der Waals surface area contributed by atoms with E-state index < -0.39 is 5.60 Å². The summed E-state index contributed by atoms with van der Waals surface area (Å²) in [5.41, 5.74) is 2.10. The molecule has 7 heteroatoms. The van der Waals surface area contributed by atoms with Crippen molar-refractivity contribution in [3.05, 3.63) is 83.0 Å². The van der Waals surface area contributed by atoms with Crippen molar-refractivity contribution < 1.29 is 24.1 Å². The smallest absolute Gasteiger partial charge is 0.319 e. The van der Waals surface area contributed by atoms with E-state index in [2.05, 4.69) is 9.97 Å². The molecule has 0 radical (unpaired) electrons. The van der Waals surface area contributed by atoms with Gasteiger partial charge in [-0.3, -0.25) is 0 Å². The van der Waals surface area contributed by atoms with E-state index in [-0.39, 0.29) is 25.6 Å². The summed E-state index contributed by atoms with van der Waals surface area (Å²) in [7, 11) is 3.03. The van der Waals surface area contributed by atoms with E-state index in [9.17, 15) is 5.11 Å². The van der Waals surface area contributed by atoms with Crippen LogP contribution in [0.3, 0.4) is 0 Å². The Kier molecular flexibility index (Phi) is 8.56. The summed E-state index contributed by atoms with van der Waals surface area (Å²) in [5.74, 6) is 0.407. The van der Waals surface area contributed by atoms with E-state index in [0.29, 0.717) is 24.8 Å². The third-order valence-electron chi connectivity index (χ3n) is 5.02. The second-order valence-electron chi connectivity index (χ2n) is 7.65. The zero-order chi connectivity index (χ0) is 22.8. The average Bonchev–Trinajstić information content (AvgIpc) is 2.82. The van der Waals surface area contributed by atoms with Crippen LogP contribution in [0.2, 0.25) is 0 Å². The standard InChI is InChI=1S/C25H30N2O5/c1-19-22(26-24(30-3)27-23(19)29-2)14-25(28,17-31-15-20-10-6-4-7-11-20)18-32-16-21-12-8-5-9-13-21/h4-13,28H,14-18H2,1-3H3. The molecule has 1 heterocycles. The van der Waals surface area contributed by atoms with Crippen LogP contribution in [0, 0.1) is 6.92 Å². The highest BCUT2D eigenvalue weighted by Gasteiger charge is 2.31. The summed E-state index contributed by atoms with van der Waals surface area (Å²) in [5, 5.41) is 11.5. The van der Waals surface area contributed by atoms with Gasteiger partial charge in [0, 0.05) is 12.0 Å². The lowest BCUT2D eigenvalue weighted by molar-refractivity contribution is -0.102. The minimum atomic E-state index is -1.31. The maximum absolute atomic E-state index is 11.5. The van der Waals surface area contributed by atoms with Gasteiger partial charge in [0.05, 0.1) is 46.3 Å². The Labute approximate surface area is 189 Å². The van der Waals surface area contributed by atoms with Gasteiger partial charge in [-0.1, -0.05) is 60.7 Å². The summed E-state index contributed by atoms with van der Waals surface area (Å²) in [6.07, 6.45) is 0.192. The van der Waals surface area contributed by atoms with Gasteiger partial charge in [-0.25, -0.2) is 0 Å². The monoisotopic (exact) mass is 438 g/mol. The van der Waals surface area contributed by atoms with E-state index in [4.69, 9.17) is 18.9 Å². The maximum Gasteiger partial charge on any atom is 0.319 e. The first-order chi connectivity index (χ1) is 15.5. The van der Waals surface area contributed by atoms with Crippen LogP contribution in [-0.4, -0.2) is 48.1 Å². The molecule has 0 fully saturated rings. The molecule has 1 N–H and O–H groups in total.